The summed E-state index contributed by atoms with van der Waals surface area (Å²) in [5.74, 6) is -0.170. The Labute approximate surface area is 128 Å². The number of ether oxygens (including phenoxy) is 2. The summed E-state index contributed by atoms with van der Waals surface area (Å²) in [5, 5.41) is 19.6. The summed E-state index contributed by atoms with van der Waals surface area (Å²) in [6.45, 7) is 2.58. The van der Waals surface area contributed by atoms with Crippen molar-refractivity contribution in [1.82, 2.24) is 0 Å². The van der Waals surface area contributed by atoms with E-state index in [0.717, 1.165) is 5.56 Å². The third-order valence-corrected chi connectivity index (χ3v) is 2.96. The Morgan fingerprint density at radius 1 is 1.14 bits per heavy atom. The molecule has 0 N–H and O–H groups in total. The smallest absolute Gasteiger partial charge is 0.162 e. The van der Waals surface area contributed by atoms with Crippen molar-refractivity contribution in [2.24, 2.45) is 0 Å². The number of nitrogens with zero attached hydrogens (tertiary/aromatic N) is 1. The van der Waals surface area contributed by atoms with Crippen LogP contribution in [0.15, 0.2) is 42.5 Å². The normalized spacial score (nSPS) is 9.82. The first kappa shape index (κ1) is 15.4. The van der Waals surface area contributed by atoms with E-state index >= 15 is 0 Å². The number of carboxylic acids is 1. The van der Waals surface area contributed by atoms with Crippen LogP contribution in [0.3, 0.4) is 0 Å². The maximum Gasteiger partial charge on any atom is 0.162 e. The molecule has 5 heteroatoms. The second kappa shape index (κ2) is 7.14. The van der Waals surface area contributed by atoms with Gasteiger partial charge in [-0.15, -0.1) is 0 Å². The molecule has 2 aromatic carbocycles. The molecule has 0 aliphatic heterocycles. The van der Waals surface area contributed by atoms with Gasteiger partial charge in [0.2, 0.25) is 0 Å². The molecule has 2 rings (SSSR count). The Balaban J connectivity index is 2.10. The van der Waals surface area contributed by atoms with Gasteiger partial charge < -0.3 is 19.4 Å². The Morgan fingerprint density at radius 3 is 2.45 bits per heavy atom. The van der Waals surface area contributed by atoms with Gasteiger partial charge in [0.05, 0.1) is 24.2 Å². The number of hydrogen-bond acceptors (Lipinski definition) is 5. The summed E-state index contributed by atoms with van der Waals surface area (Å²) >= 11 is 0. The summed E-state index contributed by atoms with van der Waals surface area (Å²) < 4.78 is 11.1. The molecule has 0 saturated carbocycles. The third kappa shape index (κ3) is 3.76. The number of carboxylic acid groups (broad SMARTS) is 1. The van der Waals surface area contributed by atoms with Gasteiger partial charge in [0.1, 0.15) is 6.61 Å². The van der Waals surface area contributed by atoms with Crippen LogP contribution < -0.4 is 14.6 Å². The fourth-order valence-corrected chi connectivity index (χ4v) is 1.86. The van der Waals surface area contributed by atoms with E-state index in [0.29, 0.717) is 23.7 Å². The van der Waals surface area contributed by atoms with Gasteiger partial charge >= 0.3 is 0 Å². The van der Waals surface area contributed by atoms with Crippen LogP contribution in [0.4, 0.5) is 0 Å². The highest BCUT2D eigenvalue weighted by molar-refractivity contribution is 5.85. The van der Waals surface area contributed by atoms with Crippen molar-refractivity contribution in [3.8, 4) is 17.6 Å². The molecule has 2 aromatic rings. The first-order valence-corrected chi connectivity index (χ1v) is 6.74. The first-order chi connectivity index (χ1) is 10.6. The fraction of sp³-hybridized carbons (Fsp3) is 0.176. The summed E-state index contributed by atoms with van der Waals surface area (Å²) in [4.78, 5) is 10.7. The molecule has 0 saturated heterocycles. The van der Waals surface area contributed by atoms with E-state index in [1.807, 2.05) is 13.0 Å². The Hall–Kier alpha value is -3.00. The lowest BCUT2D eigenvalue weighted by Crippen LogP contribution is -2.22. The molecule has 5 nitrogen and oxygen atoms in total. The number of rotatable bonds is 6. The van der Waals surface area contributed by atoms with Crippen LogP contribution in [0.1, 0.15) is 28.4 Å². The molecular weight excluding hydrogens is 282 g/mol. The molecule has 0 atom stereocenters. The molecule has 0 bridgehead atoms. The minimum atomic E-state index is -1.21. The first-order valence-electron chi connectivity index (χ1n) is 6.74. The molecule has 0 unspecified atom stereocenters. The zero-order chi connectivity index (χ0) is 15.9. The van der Waals surface area contributed by atoms with E-state index in [9.17, 15) is 9.90 Å². The number of hydrogen-bond donors (Lipinski definition) is 0. The van der Waals surface area contributed by atoms with E-state index in [1.54, 1.807) is 30.3 Å². The highest BCUT2D eigenvalue weighted by Gasteiger charge is 2.07. The predicted molar refractivity (Wildman–Crippen MR) is 77.4 cm³/mol. The van der Waals surface area contributed by atoms with E-state index in [-0.39, 0.29) is 12.2 Å². The third-order valence-electron chi connectivity index (χ3n) is 2.96. The Bertz CT molecular complexity index is 702. The van der Waals surface area contributed by atoms with Gasteiger partial charge in [-0.2, -0.15) is 5.26 Å². The predicted octanol–water partition coefficient (Wildman–Crippen LogP) is 1.90. The molecular formula is C17H14NO4-. The molecule has 112 valence electrons. The van der Waals surface area contributed by atoms with Crippen molar-refractivity contribution in [3.05, 3.63) is 59.2 Å². The van der Waals surface area contributed by atoms with Gasteiger partial charge in [-0.05, 0) is 30.2 Å². The zero-order valence-electron chi connectivity index (χ0n) is 12.0. The van der Waals surface area contributed by atoms with Crippen molar-refractivity contribution < 1.29 is 19.4 Å². The standard InChI is InChI=1S/C17H15NO4/c1-2-21-16-9-13(10-18)5-8-15(16)22-11-12-3-6-14(7-4-12)17(19)20/h3-9H,2,11H2,1H3,(H,19,20)/p-1. The summed E-state index contributed by atoms with van der Waals surface area (Å²) in [6.07, 6.45) is 0. The maximum absolute atomic E-state index is 10.7. The highest BCUT2D eigenvalue weighted by Crippen LogP contribution is 2.29. The largest absolute Gasteiger partial charge is 0.545 e. The molecule has 22 heavy (non-hydrogen) atoms. The number of aromatic carboxylic acids is 1. The van der Waals surface area contributed by atoms with E-state index in [1.165, 1.54) is 12.1 Å². The van der Waals surface area contributed by atoms with Crippen molar-refractivity contribution >= 4 is 5.97 Å². The lowest BCUT2D eigenvalue weighted by atomic mass is 10.1. The molecule has 0 amide bonds. The van der Waals surface area contributed by atoms with Gasteiger partial charge in [-0.1, -0.05) is 24.3 Å². The van der Waals surface area contributed by atoms with Crippen molar-refractivity contribution in [3.63, 3.8) is 0 Å². The van der Waals surface area contributed by atoms with Crippen LogP contribution >= 0.6 is 0 Å². The maximum atomic E-state index is 10.7. The molecule has 0 spiro atoms. The molecule has 0 radical (unpaired) electrons. The van der Waals surface area contributed by atoms with Gasteiger partial charge in [-0.25, -0.2) is 0 Å². The molecule has 0 aliphatic rings. The van der Waals surface area contributed by atoms with Gasteiger partial charge in [0, 0.05) is 6.07 Å². The summed E-state index contributed by atoms with van der Waals surface area (Å²) in [6, 6.07) is 13.3. The number of carbonyl (C=O) groups excluding carboxylic acids is 1. The average molecular weight is 296 g/mol. The second-order valence-electron chi connectivity index (χ2n) is 4.48. The van der Waals surface area contributed by atoms with Crippen LogP contribution in [0.5, 0.6) is 11.5 Å². The minimum absolute atomic E-state index is 0.122. The Kier molecular flexibility index (Phi) is 4.99. The number of benzene rings is 2. The number of nitriles is 1. The summed E-state index contributed by atoms with van der Waals surface area (Å²) in [7, 11) is 0. The quantitative estimate of drug-likeness (QED) is 0.813. The average Bonchev–Trinajstić information content (AvgIpc) is 2.54. The molecule has 0 fully saturated rings. The van der Waals surface area contributed by atoms with Gasteiger partial charge in [0.15, 0.2) is 11.5 Å². The van der Waals surface area contributed by atoms with Crippen molar-refractivity contribution in [2.75, 3.05) is 6.61 Å². The second-order valence-corrected chi connectivity index (χ2v) is 4.48. The zero-order valence-corrected chi connectivity index (χ0v) is 12.0. The lowest BCUT2D eigenvalue weighted by Gasteiger charge is -2.12. The number of carbonyl (C=O) groups is 1. The fourth-order valence-electron chi connectivity index (χ4n) is 1.86. The summed E-state index contributed by atoms with van der Waals surface area (Å²) in [5.41, 5.74) is 1.43. The van der Waals surface area contributed by atoms with Crippen molar-refractivity contribution in [1.29, 1.82) is 5.26 Å². The SMILES string of the molecule is CCOc1cc(C#N)ccc1OCc1ccc(C(=O)[O-])cc1. The van der Waals surface area contributed by atoms with Crippen LogP contribution in [0.2, 0.25) is 0 Å². The van der Waals surface area contributed by atoms with E-state index < -0.39 is 5.97 Å². The van der Waals surface area contributed by atoms with Crippen LogP contribution in [0.25, 0.3) is 0 Å². The van der Waals surface area contributed by atoms with Crippen LogP contribution in [0, 0.1) is 11.3 Å². The van der Waals surface area contributed by atoms with Gasteiger partial charge in [0.25, 0.3) is 0 Å². The Morgan fingerprint density at radius 2 is 1.86 bits per heavy atom. The van der Waals surface area contributed by atoms with Gasteiger partial charge in [-0.3, -0.25) is 0 Å². The molecule has 0 aliphatic carbocycles. The van der Waals surface area contributed by atoms with E-state index in [2.05, 4.69) is 0 Å². The monoisotopic (exact) mass is 296 g/mol. The van der Waals surface area contributed by atoms with E-state index in [4.69, 9.17) is 14.7 Å². The minimum Gasteiger partial charge on any atom is -0.545 e. The molecule has 0 aromatic heterocycles. The van der Waals surface area contributed by atoms with Crippen molar-refractivity contribution in [2.45, 2.75) is 13.5 Å². The topological polar surface area (TPSA) is 82.4 Å². The highest BCUT2D eigenvalue weighted by atomic mass is 16.5. The molecule has 0 heterocycles. The van der Waals surface area contributed by atoms with Crippen LogP contribution in [-0.4, -0.2) is 12.6 Å². The van der Waals surface area contributed by atoms with Crippen LogP contribution in [-0.2, 0) is 6.61 Å². The lowest BCUT2D eigenvalue weighted by molar-refractivity contribution is -0.255.